The largest absolute Gasteiger partial charge is 0.479 e. The lowest BCUT2D eigenvalue weighted by Crippen LogP contribution is -2.24. The average molecular weight is 373 g/mol. The van der Waals surface area contributed by atoms with E-state index in [1.807, 2.05) is 6.92 Å². The molecule has 0 fully saturated rings. The SMILES string of the molecule is COC(=O)[C@@H](C)Oc1ccc2oc(=O)c(-c3ccc(Cl)cc3)c(C)c2c1. The molecule has 0 radical (unpaired) electrons. The van der Waals surface area contributed by atoms with Gasteiger partial charge in [-0.2, -0.15) is 0 Å². The van der Waals surface area contributed by atoms with Crippen molar-refractivity contribution in [3.63, 3.8) is 0 Å². The molecular weight excluding hydrogens is 356 g/mol. The predicted molar refractivity (Wildman–Crippen MR) is 99.8 cm³/mol. The zero-order chi connectivity index (χ0) is 18.8. The van der Waals surface area contributed by atoms with Gasteiger partial charge < -0.3 is 13.9 Å². The smallest absolute Gasteiger partial charge is 0.346 e. The zero-order valence-corrected chi connectivity index (χ0v) is 15.3. The Bertz CT molecular complexity index is 1020. The van der Waals surface area contributed by atoms with Gasteiger partial charge in [0.05, 0.1) is 12.7 Å². The van der Waals surface area contributed by atoms with Gasteiger partial charge in [0.25, 0.3) is 0 Å². The van der Waals surface area contributed by atoms with E-state index < -0.39 is 17.7 Å². The van der Waals surface area contributed by atoms with E-state index in [9.17, 15) is 9.59 Å². The average Bonchev–Trinajstić information content (AvgIpc) is 2.63. The monoisotopic (exact) mass is 372 g/mol. The van der Waals surface area contributed by atoms with Crippen molar-refractivity contribution in [1.82, 2.24) is 0 Å². The number of hydrogen-bond acceptors (Lipinski definition) is 5. The molecule has 1 heterocycles. The summed E-state index contributed by atoms with van der Waals surface area (Å²) in [5.74, 6) is 0.0117. The summed E-state index contributed by atoms with van der Waals surface area (Å²) in [6.45, 7) is 3.45. The number of hydrogen-bond donors (Lipinski definition) is 0. The minimum Gasteiger partial charge on any atom is -0.479 e. The normalized spacial score (nSPS) is 12.0. The molecule has 2 aromatic carbocycles. The molecule has 134 valence electrons. The van der Waals surface area contributed by atoms with E-state index in [4.69, 9.17) is 20.8 Å². The second-order valence-electron chi connectivity index (χ2n) is 5.84. The lowest BCUT2D eigenvalue weighted by atomic mass is 9.99. The molecule has 0 saturated carbocycles. The Morgan fingerprint density at radius 3 is 2.50 bits per heavy atom. The number of carbonyl (C=O) groups is 1. The Balaban J connectivity index is 2.10. The molecule has 5 nitrogen and oxygen atoms in total. The Morgan fingerprint density at radius 1 is 1.15 bits per heavy atom. The highest BCUT2D eigenvalue weighted by atomic mass is 35.5. The molecule has 0 bridgehead atoms. The summed E-state index contributed by atoms with van der Waals surface area (Å²) >= 11 is 5.92. The van der Waals surface area contributed by atoms with Crippen molar-refractivity contribution in [2.45, 2.75) is 20.0 Å². The van der Waals surface area contributed by atoms with Gasteiger partial charge in [-0.05, 0) is 55.3 Å². The number of benzene rings is 2. The maximum absolute atomic E-state index is 12.4. The highest BCUT2D eigenvalue weighted by Gasteiger charge is 2.17. The quantitative estimate of drug-likeness (QED) is 0.502. The standard InChI is InChI=1S/C20H17ClO5/c1-11-16-10-15(25-12(2)19(22)24-3)8-9-17(16)26-20(23)18(11)13-4-6-14(21)7-5-13/h4-10,12H,1-3H3/t12-/m1/s1. The summed E-state index contributed by atoms with van der Waals surface area (Å²) < 4.78 is 15.7. The fourth-order valence-electron chi connectivity index (χ4n) is 2.77. The van der Waals surface area contributed by atoms with E-state index in [1.54, 1.807) is 49.4 Å². The summed E-state index contributed by atoms with van der Waals surface area (Å²) in [6, 6.07) is 12.0. The molecule has 0 N–H and O–H groups in total. The number of halogens is 1. The van der Waals surface area contributed by atoms with E-state index in [0.29, 0.717) is 21.9 Å². The van der Waals surface area contributed by atoms with Crippen molar-refractivity contribution in [2.75, 3.05) is 7.11 Å². The van der Waals surface area contributed by atoms with E-state index in [-0.39, 0.29) is 0 Å². The molecular formula is C20H17ClO5. The molecule has 0 amide bonds. The van der Waals surface area contributed by atoms with Crippen LogP contribution in [0.3, 0.4) is 0 Å². The number of esters is 1. The van der Waals surface area contributed by atoms with Crippen LogP contribution in [-0.2, 0) is 9.53 Å². The summed E-state index contributed by atoms with van der Waals surface area (Å²) in [5.41, 5.74) is 1.97. The fourth-order valence-corrected chi connectivity index (χ4v) is 2.90. The van der Waals surface area contributed by atoms with E-state index >= 15 is 0 Å². The van der Waals surface area contributed by atoms with Crippen molar-refractivity contribution in [1.29, 1.82) is 0 Å². The fraction of sp³-hybridized carbons (Fsp3) is 0.200. The van der Waals surface area contributed by atoms with Gasteiger partial charge in [-0.25, -0.2) is 9.59 Å². The lowest BCUT2D eigenvalue weighted by Gasteiger charge is -2.14. The van der Waals surface area contributed by atoms with Crippen molar-refractivity contribution in [2.24, 2.45) is 0 Å². The highest BCUT2D eigenvalue weighted by Crippen LogP contribution is 2.30. The van der Waals surface area contributed by atoms with Gasteiger partial charge in [0.2, 0.25) is 0 Å². The summed E-state index contributed by atoms with van der Waals surface area (Å²) in [4.78, 5) is 24.0. The molecule has 1 atom stereocenters. The van der Waals surface area contributed by atoms with Crippen LogP contribution in [0.15, 0.2) is 51.7 Å². The van der Waals surface area contributed by atoms with Gasteiger partial charge >= 0.3 is 11.6 Å². The van der Waals surface area contributed by atoms with Crippen LogP contribution >= 0.6 is 11.6 Å². The zero-order valence-electron chi connectivity index (χ0n) is 14.5. The van der Waals surface area contributed by atoms with Gasteiger partial charge in [0, 0.05) is 10.4 Å². The number of carbonyl (C=O) groups excluding carboxylic acids is 1. The molecule has 0 aliphatic heterocycles. The summed E-state index contributed by atoms with van der Waals surface area (Å²) in [6.07, 6.45) is -0.746. The van der Waals surface area contributed by atoms with Crippen molar-refractivity contribution >= 4 is 28.5 Å². The second-order valence-corrected chi connectivity index (χ2v) is 6.27. The summed E-state index contributed by atoms with van der Waals surface area (Å²) in [5, 5.41) is 1.31. The number of fused-ring (bicyclic) bond motifs is 1. The van der Waals surface area contributed by atoms with Gasteiger partial charge in [0.15, 0.2) is 6.10 Å². The molecule has 26 heavy (non-hydrogen) atoms. The van der Waals surface area contributed by atoms with Gasteiger partial charge in [0.1, 0.15) is 11.3 Å². The third-order valence-electron chi connectivity index (χ3n) is 4.12. The Kier molecular flexibility index (Phi) is 5.00. The van der Waals surface area contributed by atoms with E-state index in [0.717, 1.165) is 16.5 Å². The number of rotatable bonds is 4. The van der Waals surface area contributed by atoms with Crippen molar-refractivity contribution < 1.29 is 18.7 Å². The van der Waals surface area contributed by atoms with Crippen LogP contribution in [0.4, 0.5) is 0 Å². The number of ether oxygens (including phenoxy) is 2. The molecule has 0 unspecified atom stereocenters. The van der Waals surface area contributed by atoms with Crippen molar-refractivity contribution in [3.05, 3.63) is 63.5 Å². The highest BCUT2D eigenvalue weighted by molar-refractivity contribution is 6.30. The topological polar surface area (TPSA) is 65.7 Å². The molecule has 0 spiro atoms. The van der Waals surface area contributed by atoms with Crippen molar-refractivity contribution in [3.8, 4) is 16.9 Å². The van der Waals surface area contributed by atoms with E-state index in [2.05, 4.69) is 4.74 Å². The first-order chi connectivity index (χ1) is 12.4. The molecule has 0 aliphatic carbocycles. The van der Waals surface area contributed by atoms with Gasteiger partial charge in [-0.15, -0.1) is 0 Å². The molecule has 0 saturated heterocycles. The van der Waals surface area contributed by atoms with Gasteiger partial charge in [-0.3, -0.25) is 0 Å². The van der Waals surface area contributed by atoms with E-state index in [1.165, 1.54) is 7.11 Å². The Morgan fingerprint density at radius 2 is 1.85 bits per heavy atom. The molecule has 1 aromatic heterocycles. The molecule has 0 aliphatic rings. The molecule has 6 heteroatoms. The molecule has 3 aromatic rings. The predicted octanol–water partition coefficient (Wildman–Crippen LogP) is 4.36. The minimum atomic E-state index is -0.746. The first-order valence-corrected chi connectivity index (χ1v) is 8.36. The maximum Gasteiger partial charge on any atom is 0.346 e. The van der Waals surface area contributed by atoms with Gasteiger partial charge in [-0.1, -0.05) is 23.7 Å². The number of methoxy groups -OCH3 is 1. The van der Waals surface area contributed by atoms with Crippen LogP contribution in [0.1, 0.15) is 12.5 Å². The minimum absolute atomic E-state index is 0.422. The second kappa shape index (κ2) is 7.22. The lowest BCUT2D eigenvalue weighted by molar-refractivity contribution is -0.147. The van der Waals surface area contributed by atoms with Crippen LogP contribution in [0, 0.1) is 6.92 Å². The third kappa shape index (κ3) is 3.44. The third-order valence-corrected chi connectivity index (χ3v) is 4.37. The van der Waals surface area contributed by atoms with Crippen LogP contribution < -0.4 is 10.4 Å². The Hall–Kier alpha value is -2.79. The summed E-state index contributed by atoms with van der Waals surface area (Å²) in [7, 11) is 1.31. The van der Waals surface area contributed by atoms with Crippen LogP contribution in [0.5, 0.6) is 5.75 Å². The maximum atomic E-state index is 12.4. The first kappa shape index (κ1) is 18.0. The molecule has 3 rings (SSSR count). The first-order valence-electron chi connectivity index (χ1n) is 7.98. The Labute approximate surface area is 155 Å². The van der Waals surface area contributed by atoms with Crippen LogP contribution in [0.25, 0.3) is 22.1 Å². The van der Waals surface area contributed by atoms with Crippen LogP contribution in [0.2, 0.25) is 5.02 Å². The van der Waals surface area contributed by atoms with Crippen LogP contribution in [-0.4, -0.2) is 19.2 Å². The number of aryl methyl sites for hydroxylation is 1.